The molecular formula is C19H25ClN2O3. The van der Waals surface area contributed by atoms with E-state index in [1.807, 2.05) is 30.3 Å². The van der Waals surface area contributed by atoms with Gasteiger partial charge in [0.15, 0.2) is 11.5 Å². The van der Waals surface area contributed by atoms with Crippen molar-refractivity contribution in [2.45, 2.75) is 19.4 Å². The molecular weight excluding hydrogens is 340 g/mol. The predicted molar refractivity (Wildman–Crippen MR) is 102 cm³/mol. The number of hydrogen-bond donors (Lipinski definition) is 2. The van der Waals surface area contributed by atoms with Crippen molar-refractivity contribution >= 4 is 18.3 Å². The lowest BCUT2D eigenvalue weighted by Crippen LogP contribution is -2.24. The number of benzene rings is 2. The standard InChI is InChI=1S/C19H24N2O3.ClH/c1-23-17-10-7-14(12-18(17)24-2)4-3-11-21-19(22)16-8-5-15(13-20)6-9-16;/h5-10,12H,3-4,11,13,20H2,1-2H3,(H,21,22);1H. The molecule has 5 nitrogen and oxygen atoms in total. The zero-order valence-corrected chi connectivity index (χ0v) is 15.4. The zero-order valence-electron chi connectivity index (χ0n) is 14.6. The lowest BCUT2D eigenvalue weighted by Gasteiger charge is -2.10. The van der Waals surface area contributed by atoms with Crippen molar-refractivity contribution in [2.24, 2.45) is 5.73 Å². The van der Waals surface area contributed by atoms with E-state index in [4.69, 9.17) is 15.2 Å². The molecule has 0 unspecified atom stereocenters. The minimum atomic E-state index is -0.0640. The van der Waals surface area contributed by atoms with Crippen molar-refractivity contribution < 1.29 is 14.3 Å². The minimum Gasteiger partial charge on any atom is -0.493 e. The fourth-order valence-corrected chi connectivity index (χ4v) is 2.42. The summed E-state index contributed by atoms with van der Waals surface area (Å²) in [6, 6.07) is 13.2. The Labute approximate surface area is 154 Å². The quantitative estimate of drug-likeness (QED) is 0.706. The molecule has 0 aliphatic carbocycles. The summed E-state index contributed by atoms with van der Waals surface area (Å²) in [5, 5.41) is 2.93. The minimum absolute atomic E-state index is 0. The van der Waals surface area contributed by atoms with E-state index in [1.54, 1.807) is 26.4 Å². The maximum atomic E-state index is 12.1. The highest BCUT2D eigenvalue weighted by atomic mass is 35.5. The van der Waals surface area contributed by atoms with Crippen LogP contribution in [0.1, 0.15) is 27.9 Å². The third-order valence-corrected chi connectivity index (χ3v) is 3.83. The van der Waals surface area contributed by atoms with E-state index in [9.17, 15) is 4.79 Å². The average Bonchev–Trinajstić information content (AvgIpc) is 2.64. The number of methoxy groups -OCH3 is 2. The largest absolute Gasteiger partial charge is 0.493 e. The van der Waals surface area contributed by atoms with Crippen molar-refractivity contribution in [3.05, 3.63) is 59.2 Å². The van der Waals surface area contributed by atoms with Gasteiger partial charge in [0.1, 0.15) is 0 Å². The molecule has 0 spiro atoms. The summed E-state index contributed by atoms with van der Waals surface area (Å²) in [6.07, 6.45) is 1.70. The van der Waals surface area contributed by atoms with Gasteiger partial charge in [0.05, 0.1) is 14.2 Å². The van der Waals surface area contributed by atoms with Gasteiger partial charge in [0.25, 0.3) is 5.91 Å². The number of rotatable bonds is 8. The molecule has 3 N–H and O–H groups in total. The van der Waals surface area contributed by atoms with Crippen LogP contribution in [0.25, 0.3) is 0 Å². The van der Waals surface area contributed by atoms with Gasteiger partial charge in [-0.15, -0.1) is 12.4 Å². The molecule has 2 aromatic carbocycles. The van der Waals surface area contributed by atoms with Crippen molar-refractivity contribution in [3.8, 4) is 11.5 Å². The SMILES string of the molecule is COc1ccc(CCCNC(=O)c2ccc(CN)cc2)cc1OC.Cl. The van der Waals surface area contributed by atoms with E-state index in [1.165, 1.54) is 0 Å². The van der Waals surface area contributed by atoms with Crippen molar-refractivity contribution in [1.82, 2.24) is 5.32 Å². The van der Waals surface area contributed by atoms with Crippen LogP contribution in [-0.2, 0) is 13.0 Å². The van der Waals surface area contributed by atoms with Gasteiger partial charge in [-0.05, 0) is 48.2 Å². The van der Waals surface area contributed by atoms with Crippen LogP contribution in [-0.4, -0.2) is 26.7 Å². The first-order valence-corrected chi connectivity index (χ1v) is 7.96. The second kappa shape index (κ2) is 10.6. The van der Waals surface area contributed by atoms with E-state index in [-0.39, 0.29) is 18.3 Å². The molecule has 0 radical (unpaired) electrons. The molecule has 0 heterocycles. The predicted octanol–water partition coefficient (Wildman–Crippen LogP) is 2.95. The van der Waals surface area contributed by atoms with Crippen molar-refractivity contribution in [2.75, 3.05) is 20.8 Å². The summed E-state index contributed by atoms with van der Waals surface area (Å²) in [4.78, 5) is 12.1. The lowest BCUT2D eigenvalue weighted by molar-refractivity contribution is 0.0953. The third kappa shape index (κ3) is 5.96. The Morgan fingerprint density at radius 3 is 2.24 bits per heavy atom. The van der Waals surface area contributed by atoms with Crippen LogP contribution in [0, 0.1) is 0 Å². The fourth-order valence-electron chi connectivity index (χ4n) is 2.42. The van der Waals surface area contributed by atoms with Gasteiger partial charge < -0.3 is 20.5 Å². The fraction of sp³-hybridized carbons (Fsp3) is 0.316. The normalized spacial score (nSPS) is 9.88. The van der Waals surface area contributed by atoms with Crippen LogP contribution in [0.3, 0.4) is 0 Å². The second-order valence-electron chi connectivity index (χ2n) is 5.45. The molecule has 25 heavy (non-hydrogen) atoms. The van der Waals surface area contributed by atoms with Crippen LogP contribution < -0.4 is 20.5 Å². The van der Waals surface area contributed by atoms with Gasteiger partial charge in [0.2, 0.25) is 0 Å². The summed E-state index contributed by atoms with van der Waals surface area (Å²) in [7, 11) is 3.24. The molecule has 0 aliphatic rings. The number of amides is 1. The van der Waals surface area contributed by atoms with E-state index in [0.29, 0.717) is 18.7 Å². The van der Waals surface area contributed by atoms with Crippen LogP contribution >= 0.6 is 12.4 Å². The summed E-state index contributed by atoms with van der Waals surface area (Å²) < 4.78 is 10.5. The molecule has 0 saturated heterocycles. The highest BCUT2D eigenvalue weighted by Gasteiger charge is 2.06. The Hall–Kier alpha value is -2.24. The molecule has 6 heteroatoms. The number of nitrogens with one attached hydrogen (secondary N) is 1. The van der Waals surface area contributed by atoms with Gasteiger partial charge in [-0.2, -0.15) is 0 Å². The second-order valence-corrected chi connectivity index (χ2v) is 5.45. The Kier molecular flexibility index (Phi) is 8.81. The third-order valence-electron chi connectivity index (χ3n) is 3.83. The van der Waals surface area contributed by atoms with Crippen LogP contribution in [0.5, 0.6) is 11.5 Å². The van der Waals surface area contributed by atoms with Crippen molar-refractivity contribution in [1.29, 1.82) is 0 Å². The Morgan fingerprint density at radius 1 is 1.00 bits per heavy atom. The van der Waals surface area contributed by atoms with Crippen LogP contribution in [0.2, 0.25) is 0 Å². The van der Waals surface area contributed by atoms with Crippen LogP contribution in [0.15, 0.2) is 42.5 Å². The van der Waals surface area contributed by atoms with Gasteiger partial charge in [-0.25, -0.2) is 0 Å². The maximum Gasteiger partial charge on any atom is 0.251 e. The van der Waals surface area contributed by atoms with E-state index >= 15 is 0 Å². The summed E-state index contributed by atoms with van der Waals surface area (Å²) in [5.41, 5.74) is 8.36. The maximum absolute atomic E-state index is 12.1. The number of carbonyl (C=O) groups excluding carboxylic acids is 1. The van der Waals surface area contributed by atoms with Gasteiger partial charge in [-0.1, -0.05) is 18.2 Å². The monoisotopic (exact) mass is 364 g/mol. The first kappa shape index (κ1) is 20.8. The van der Waals surface area contributed by atoms with E-state index in [0.717, 1.165) is 35.5 Å². The molecule has 0 aliphatic heterocycles. The van der Waals surface area contributed by atoms with Gasteiger partial charge >= 0.3 is 0 Å². The summed E-state index contributed by atoms with van der Waals surface area (Å²) in [6.45, 7) is 1.10. The number of aryl methyl sites for hydroxylation is 1. The lowest BCUT2D eigenvalue weighted by atomic mass is 10.1. The summed E-state index contributed by atoms with van der Waals surface area (Å²) in [5.74, 6) is 1.38. The van der Waals surface area contributed by atoms with Crippen molar-refractivity contribution in [3.63, 3.8) is 0 Å². The molecule has 0 saturated carbocycles. The Bertz CT molecular complexity index is 675. The number of ether oxygens (including phenoxy) is 2. The number of halogens is 1. The van der Waals surface area contributed by atoms with Crippen LogP contribution in [0.4, 0.5) is 0 Å². The number of hydrogen-bond acceptors (Lipinski definition) is 4. The molecule has 0 aromatic heterocycles. The highest BCUT2D eigenvalue weighted by Crippen LogP contribution is 2.27. The van der Waals surface area contributed by atoms with E-state index < -0.39 is 0 Å². The molecule has 0 atom stereocenters. The van der Waals surface area contributed by atoms with E-state index in [2.05, 4.69) is 5.32 Å². The first-order valence-electron chi connectivity index (χ1n) is 7.96. The molecule has 136 valence electrons. The highest BCUT2D eigenvalue weighted by molar-refractivity contribution is 5.94. The zero-order chi connectivity index (χ0) is 17.4. The first-order chi connectivity index (χ1) is 11.7. The number of nitrogens with two attached hydrogens (primary N) is 1. The molecule has 2 aromatic rings. The van der Waals surface area contributed by atoms with Gasteiger partial charge in [0, 0.05) is 18.7 Å². The molecule has 1 amide bonds. The smallest absolute Gasteiger partial charge is 0.251 e. The molecule has 2 rings (SSSR count). The Balaban J connectivity index is 0.00000312. The van der Waals surface area contributed by atoms with Gasteiger partial charge in [-0.3, -0.25) is 4.79 Å². The topological polar surface area (TPSA) is 73.6 Å². The number of carbonyl (C=O) groups is 1. The molecule has 0 bridgehead atoms. The molecule has 0 fully saturated rings. The average molecular weight is 365 g/mol. The Morgan fingerprint density at radius 2 is 1.64 bits per heavy atom. The summed E-state index contributed by atoms with van der Waals surface area (Å²) >= 11 is 0.